The van der Waals surface area contributed by atoms with Crippen LogP contribution in [0.1, 0.15) is 46.0 Å². The minimum atomic E-state index is -3.39. The van der Waals surface area contributed by atoms with Crippen molar-refractivity contribution >= 4 is 15.7 Å². The maximum atomic E-state index is 13.0. The van der Waals surface area contributed by atoms with E-state index in [1.807, 2.05) is 26.0 Å². The Morgan fingerprint density at radius 2 is 1.45 bits per heavy atom. The van der Waals surface area contributed by atoms with Gasteiger partial charge in [-0.15, -0.1) is 0 Å². The molecule has 2 atom stereocenters. The maximum Gasteiger partial charge on any atom is 0.243 e. The fourth-order valence-corrected chi connectivity index (χ4v) is 5.68. The van der Waals surface area contributed by atoms with E-state index in [1.165, 1.54) is 12.8 Å². The first-order valence-corrected chi connectivity index (χ1v) is 9.83. The van der Waals surface area contributed by atoms with Crippen LogP contribution in [0.25, 0.3) is 0 Å². The highest BCUT2D eigenvalue weighted by atomic mass is 32.2. The van der Waals surface area contributed by atoms with E-state index in [9.17, 15) is 8.42 Å². The maximum absolute atomic E-state index is 13.0. The molecule has 2 aliphatic heterocycles. The summed E-state index contributed by atoms with van der Waals surface area (Å²) in [5.41, 5.74) is 1.14. The molecule has 0 aliphatic carbocycles. The lowest BCUT2D eigenvalue weighted by Crippen LogP contribution is -2.47. The van der Waals surface area contributed by atoms with Crippen LogP contribution in [0.4, 0.5) is 5.69 Å². The van der Waals surface area contributed by atoms with Gasteiger partial charge in [0, 0.05) is 30.9 Å². The molecule has 2 saturated heterocycles. The molecule has 2 aliphatic rings. The summed E-state index contributed by atoms with van der Waals surface area (Å²) < 4.78 is 27.6. The van der Waals surface area contributed by atoms with Gasteiger partial charge >= 0.3 is 0 Å². The Balaban J connectivity index is 1.85. The van der Waals surface area contributed by atoms with Crippen molar-refractivity contribution in [2.45, 2.75) is 62.9 Å². The molecule has 1 aromatic carbocycles. The fourth-order valence-electron chi connectivity index (χ4n) is 3.80. The third kappa shape index (κ3) is 2.88. The highest BCUT2D eigenvalue weighted by Gasteiger charge is 2.35. The van der Waals surface area contributed by atoms with Crippen LogP contribution in [0, 0.1) is 0 Å². The predicted molar refractivity (Wildman–Crippen MR) is 89.7 cm³/mol. The Morgan fingerprint density at radius 1 is 0.909 bits per heavy atom. The van der Waals surface area contributed by atoms with Gasteiger partial charge in [0.05, 0.1) is 4.90 Å². The smallest absolute Gasteiger partial charge is 0.243 e. The van der Waals surface area contributed by atoms with E-state index < -0.39 is 10.0 Å². The van der Waals surface area contributed by atoms with Crippen molar-refractivity contribution in [2.24, 2.45) is 0 Å². The van der Waals surface area contributed by atoms with E-state index >= 15 is 0 Å². The van der Waals surface area contributed by atoms with Gasteiger partial charge in [0.2, 0.25) is 10.0 Å². The number of anilines is 1. The van der Waals surface area contributed by atoms with Gasteiger partial charge in [0.1, 0.15) is 0 Å². The second kappa shape index (κ2) is 6.20. The molecule has 1 aromatic rings. The average molecular weight is 322 g/mol. The first-order chi connectivity index (χ1) is 10.5. The largest absolute Gasteiger partial charge is 0.372 e. The summed E-state index contributed by atoms with van der Waals surface area (Å²) in [6, 6.07) is 7.64. The Bertz CT molecular complexity index is 596. The highest BCUT2D eigenvalue weighted by Crippen LogP contribution is 2.30. The molecule has 2 fully saturated rings. The van der Waals surface area contributed by atoms with Crippen molar-refractivity contribution in [3.05, 3.63) is 24.3 Å². The third-order valence-corrected chi connectivity index (χ3v) is 7.14. The summed E-state index contributed by atoms with van der Waals surface area (Å²) in [5, 5.41) is 0. The molecule has 2 unspecified atom stereocenters. The van der Waals surface area contributed by atoms with E-state index in [0.29, 0.717) is 4.90 Å². The Morgan fingerprint density at radius 3 is 2.00 bits per heavy atom. The van der Waals surface area contributed by atoms with Crippen LogP contribution in [-0.4, -0.2) is 37.9 Å². The standard InChI is InChI=1S/C17H26N2O2S/c1-14-6-5-7-15(2)19(14)22(20,21)17-10-8-16(9-11-17)18-12-3-4-13-18/h8-11,14-15H,3-7,12-13H2,1-2H3. The zero-order valence-electron chi connectivity index (χ0n) is 13.5. The molecule has 2 heterocycles. The van der Waals surface area contributed by atoms with Gasteiger partial charge < -0.3 is 4.90 Å². The Labute approximate surface area is 134 Å². The van der Waals surface area contributed by atoms with Crippen molar-refractivity contribution in [2.75, 3.05) is 18.0 Å². The number of hydrogen-bond donors (Lipinski definition) is 0. The topological polar surface area (TPSA) is 40.6 Å². The van der Waals surface area contributed by atoms with Crippen molar-refractivity contribution in [3.8, 4) is 0 Å². The molecule has 0 N–H and O–H groups in total. The lowest BCUT2D eigenvalue weighted by Gasteiger charge is -2.37. The lowest BCUT2D eigenvalue weighted by atomic mass is 10.0. The zero-order chi connectivity index (χ0) is 15.7. The van der Waals surface area contributed by atoms with Crippen LogP contribution >= 0.6 is 0 Å². The number of nitrogens with zero attached hydrogens (tertiary/aromatic N) is 2. The van der Waals surface area contributed by atoms with Crippen LogP contribution in [0.2, 0.25) is 0 Å². The molecule has 0 saturated carbocycles. The van der Waals surface area contributed by atoms with E-state index in [2.05, 4.69) is 4.90 Å². The van der Waals surface area contributed by atoms with Gasteiger partial charge in [-0.25, -0.2) is 8.42 Å². The Kier molecular flexibility index (Phi) is 4.46. The molecule has 5 heteroatoms. The van der Waals surface area contributed by atoms with Crippen LogP contribution in [0.15, 0.2) is 29.2 Å². The molecule has 0 bridgehead atoms. The molecular formula is C17H26N2O2S. The lowest BCUT2D eigenvalue weighted by molar-refractivity contribution is 0.204. The van der Waals surface area contributed by atoms with Crippen molar-refractivity contribution in [1.29, 1.82) is 0 Å². The average Bonchev–Trinajstić information content (AvgIpc) is 3.01. The van der Waals surface area contributed by atoms with Crippen LogP contribution in [-0.2, 0) is 10.0 Å². The van der Waals surface area contributed by atoms with Gasteiger partial charge in [-0.3, -0.25) is 0 Å². The fraction of sp³-hybridized carbons (Fsp3) is 0.647. The summed E-state index contributed by atoms with van der Waals surface area (Å²) in [4.78, 5) is 2.75. The third-order valence-electron chi connectivity index (χ3n) is 5.00. The molecule has 0 radical (unpaired) electrons. The molecule has 0 aromatic heterocycles. The van der Waals surface area contributed by atoms with Gasteiger partial charge in [0.25, 0.3) is 0 Å². The quantitative estimate of drug-likeness (QED) is 0.858. The SMILES string of the molecule is CC1CCCC(C)N1S(=O)(=O)c1ccc(N2CCCC2)cc1. The Hall–Kier alpha value is -1.07. The van der Waals surface area contributed by atoms with E-state index in [4.69, 9.17) is 0 Å². The normalized spacial score (nSPS) is 27.3. The molecule has 22 heavy (non-hydrogen) atoms. The first kappa shape index (κ1) is 15.8. The van der Waals surface area contributed by atoms with E-state index in [0.717, 1.165) is 38.0 Å². The number of hydrogen-bond acceptors (Lipinski definition) is 3. The molecule has 122 valence electrons. The number of sulfonamides is 1. The van der Waals surface area contributed by atoms with Crippen LogP contribution in [0.3, 0.4) is 0 Å². The summed E-state index contributed by atoms with van der Waals surface area (Å²) in [5.74, 6) is 0. The highest BCUT2D eigenvalue weighted by molar-refractivity contribution is 7.89. The number of piperidine rings is 1. The molecule has 3 rings (SSSR count). The van der Waals surface area contributed by atoms with E-state index in [1.54, 1.807) is 16.4 Å². The monoisotopic (exact) mass is 322 g/mol. The molecule has 0 amide bonds. The summed E-state index contributed by atoms with van der Waals surface area (Å²) in [6.07, 6.45) is 5.47. The van der Waals surface area contributed by atoms with Crippen molar-refractivity contribution in [3.63, 3.8) is 0 Å². The van der Waals surface area contributed by atoms with Gasteiger partial charge in [-0.2, -0.15) is 4.31 Å². The summed E-state index contributed by atoms with van der Waals surface area (Å²) in [6.45, 7) is 6.19. The van der Waals surface area contributed by atoms with Crippen molar-refractivity contribution in [1.82, 2.24) is 4.31 Å². The first-order valence-electron chi connectivity index (χ1n) is 8.39. The number of rotatable bonds is 3. The van der Waals surface area contributed by atoms with Gasteiger partial charge in [0.15, 0.2) is 0 Å². The van der Waals surface area contributed by atoms with Gasteiger partial charge in [-0.1, -0.05) is 6.42 Å². The second-order valence-corrected chi connectivity index (χ2v) is 8.50. The van der Waals surface area contributed by atoms with Crippen LogP contribution < -0.4 is 4.90 Å². The summed E-state index contributed by atoms with van der Waals surface area (Å²) >= 11 is 0. The second-order valence-electron chi connectivity index (χ2n) is 6.65. The minimum absolute atomic E-state index is 0.0898. The van der Waals surface area contributed by atoms with E-state index in [-0.39, 0.29) is 12.1 Å². The predicted octanol–water partition coefficient (Wildman–Crippen LogP) is 3.24. The molecule has 0 spiro atoms. The number of benzene rings is 1. The molecular weight excluding hydrogens is 296 g/mol. The zero-order valence-corrected chi connectivity index (χ0v) is 14.3. The van der Waals surface area contributed by atoms with Crippen LogP contribution in [0.5, 0.6) is 0 Å². The molecule has 4 nitrogen and oxygen atoms in total. The van der Waals surface area contributed by atoms with Crippen molar-refractivity contribution < 1.29 is 8.42 Å². The summed E-state index contributed by atoms with van der Waals surface area (Å²) in [7, 11) is -3.39. The minimum Gasteiger partial charge on any atom is -0.372 e. The van der Waals surface area contributed by atoms with Gasteiger partial charge in [-0.05, 0) is 63.8 Å².